The number of sulfone groups is 1. The highest BCUT2D eigenvalue weighted by Gasteiger charge is 2.59. The van der Waals surface area contributed by atoms with Crippen LogP contribution in [0.3, 0.4) is 0 Å². The number of hydrogen-bond acceptors (Lipinski definition) is 4. The lowest BCUT2D eigenvalue weighted by atomic mass is 10.1. The average Bonchev–Trinajstić information content (AvgIpc) is 3.12. The predicted molar refractivity (Wildman–Crippen MR) is 75.7 cm³/mol. The molecule has 1 heterocycles. The predicted octanol–water partition coefficient (Wildman–Crippen LogP) is 0.833. The summed E-state index contributed by atoms with van der Waals surface area (Å²) in [4.78, 5) is 13.9. The van der Waals surface area contributed by atoms with Crippen LogP contribution >= 0.6 is 0 Å². The van der Waals surface area contributed by atoms with Gasteiger partial charge in [0.1, 0.15) is 27.4 Å². The Hall–Kier alpha value is -1.47. The summed E-state index contributed by atoms with van der Waals surface area (Å²) >= 11 is 0. The van der Waals surface area contributed by atoms with Crippen LogP contribution in [-0.4, -0.2) is 43.3 Å². The van der Waals surface area contributed by atoms with Crippen molar-refractivity contribution in [1.29, 1.82) is 0 Å². The fourth-order valence-corrected chi connectivity index (χ4v) is 3.24. The summed E-state index contributed by atoms with van der Waals surface area (Å²) < 4.78 is 36.7. The quantitative estimate of drug-likeness (QED) is 0.894. The highest BCUT2D eigenvalue weighted by Crippen LogP contribution is 2.46. The van der Waals surface area contributed by atoms with Gasteiger partial charge in [-0.25, -0.2) is 12.8 Å². The van der Waals surface area contributed by atoms with E-state index in [2.05, 4.69) is 5.32 Å². The number of rotatable bonds is 4. The van der Waals surface area contributed by atoms with Gasteiger partial charge in [-0.2, -0.15) is 0 Å². The molecular weight excluding hydrogens is 295 g/mol. The van der Waals surface area contributed by atoms with Crippen molar-refractivity contribution in [2.45, 2.75) is 24.5 Å². The van der Waals surface area contributed by atoms with Gasteiger partial charge in [0.15, 0.2) is 0 Å². The first-order valence-electron chi connectivity index (χ1n) is 6.83. The molecule has 1 aliphatic carbocycles. The van der Waals surface area contributed by atoms with Gasteiger partial charge in [0.2, 0.25) is 5.91 Å². The Labute approximate surface area is 123 Å². The summed E-state index contributed by atoms with van der Waals surface area (Å²) in [7, 11) is -3.18. The summed E-state index contributed by atoms with van der Waals surface area (Å²) in [5.74, 6) is -0.647. The fraction of sp³-hybridized carbons (Fsp3) is 0.500. The molecule has 114 valence electrons. The number of halogens is 1. The zero-order valence-corrected chi connectivity index (χ0v) is 12.5. The summed E-state index contributed by atoms with van der Waals surface area (Å²) in [6.45, 7) is 0.0748. The molecule has 7 heteroatoms. The van der Waals surface area contributed by atoms with Crippen molar-refractivity contribution in [3.63, 3.8) is 0 Å². The number of amides is 1. The van der Waals surface area contributed by atoms with Crippen LogP contribution in [-0.2, 0) is 14.6 Å². The first-order chi connectivity index (χ1) is 9.82. The molecule has 1 aliphatic heterocycles. The minimum absolute atomic E-state index is 0.0748. The number of hydrogen-bond donors (Lipinski definition) is 1. The number of nitrogens with one attached hydrogen (secondary N) is 1. The molecule has 0 aromatic heterocycles. The summed E-state index contributed by atoms with van der Waals surface area (Å²) in [6.07, 6.45) is 1.97. The lowest BCUT2D eigenvalue weighted by molar-refractivity contribution is -0.130. The van der Waals surface area contributed by atoms with Crippen molar-refractivity contribution < 1.29 is 17.6 Å². The van der Waals surface area contributed by atoms with Crippen LogP contribution in [0.15, 0.2) is 24.3 Å². The van der Waals surface area contributed by atoms with Crippen molar-refractivity contribution in [3.8, 4) is 0 Å². The highest BCUT2D eigenvalue weighted by atomic mass is 32.2. The molecule has 2 aliphatic rings. The van der Waals surface area contributed by atoms with Gasteiger partial charge in [-0.3, -0.25) is 10.1 Å². The first kappa shape index (κ1) is 14.5. The monoisotopic (exact) mass is 312 g/mol. The van der Waals surface area contributed by atoms with Gasteiger partial charge in [0.05, 0.1) is 5.75 Å². The van der Waals surface area contributed by atoms with E-state index in [1.165, 1.54) is 11.0 Å². The zero-order chi connectivity index (χ0) is 15.3. The van der Waals surface area contributed by atoms with Crippen LogP contribution in [0.2, 0.25) is 0 Å². The maximum atomic E-state index is 14.0. The maximum absolute atomic E-state index is 14.0. The zero-order valence-electron chi connectivity index (χ0n) is 11.7. The van der Waals surface area contributed by atoms with Crippen LogP contribution < -0.4 is 5.32 Å². The smallest absolute Gasteiger partial charge is 0.244 e. The molecule has 21 heavy (non-hydrogen) atoms. The molecule has 1 N–H and O–H groups in total. The summed E-state index contributed by atoms with van der Waals surface area (Å²) in [6, 6.07) is 6.25. The normalized spacial score (nSPS) is 23.8. The van der Waals surface area contributed by atoms with E-state index in [9.17, 15) is 17.6 Å². The van der Waals surface area contributed by atoms with Gasteiger partial charge in [0.25, 0.3) is 0 Å². The molecule has 1 atom stereocenters. The topological polar surface area (TPSA) is 66.5 Å². The molecule has 1 amide bonds. The average molecular weight is 312 g/mol. The SMILES string of the molecule is CS(=O)(=O)CCN1C(=O)C2(CC2)NC1c1ccccc1F. The second-order valence-corrected chi connectivity index (χ2v) is 8.04. The molecule has 1 aromatic rings. The Balaban J connectivity index is 1.90. The third-order valence-electron chi connectivity index (χ3n) is 4.05. The van der Waals surface area contributed by atoms with Gasteiger partial charge < -0.3 is 4.90 Å². The molecule has 5 nitrogen and oxygen atoms in total. The van der Waals surface area contributed by atoms with Crippen LogP contribution in [0.1, 0.15) is 24.6 Å². The molecule has 1 aromatic carbocycles. The fourth-order valence-electron chi connectivity index (χ4n) is 2.71. The minimum atomic E-state index is -3.18. The second kappa shape index (κ2) is 4.78. The van der Waals surface area contributed by atoms with Crippen molar-refractivity contribution in [1.82, 2.24) is 10.2 Å². The van der Waals surface area contributed by atoms with E-state index in [1.807, 2.05) is 0 Å². The number of carbonyl (C=O) groups is 1. The van der Waals surface area contributed by atoms with E-state index in [-0.39, 0.29) is 18.2 Å². The maximum Gasteiger partial charge on any atom is 0.244 e. The van der Waals surface area contributed by atoms with E-state index in [0.29, 0.717) is 18.4 Å². The molecule has 1 saturated carbocycles. The van der Waals surface area contributed by atoms with Gasteiger partial charge in [0, 0.05) is 18.4 Å². The van der Waals surface area contributed by atoms with Crippen molar-refractivity contribution >= 4 is 15.7 Å². The third-order valence-corrected chi connectivity index (χ3v) is 4.97. The molecule has 1 unspecified atom stereocenters. The lowest BCUT2D eigenvalue weighted by Crippen LogP contribution is -2.35. The van der Waals surface area contributed by atoms with E-state index in [4.69, 9.17) is 0 Å². The minimum Gasteiger partial charge on any atom is -0.320 e. The third kappa shape index (κ3) is 2.67. The van der Waals surface area contributed by atoms with Crippen LogP contribution in [0.25, 0.3) is 0 Å². The summed E-state index contributed by atoms with van der Waals surface area (Å²) in [5.41, 5.74) is -0.229. The summed E-state index contributed by atoms with van der Waals surface area (Å²) in [5, 5.41) is 3.18. The number of carbonyl (C=O) groups excluding carboxylic acids is 1. The van der Waals surface area contributed by atoms with Gasteiger partial charge >= 0.3 is 0 Å². The molecule has 0 bridgehead atoms. The van der Waals surface area contributed by atoms with Crippen molar-refractivity contribution in [2.75, 3.05) is 18.6 Å². The molecule has 1 saturated heterocycles. The number of benzene rings is 1. The Morgan fingerprint density at radius 2 is 2.05 bits per heavy atom. The molecule has 2 fully saturated rings. The van der Waals surface area contributed by atoms with Gasteiger partial charge in [-0.1, -0.05) is 18.2 Å². The van der Waals surface area contributed by atoms with Crippen LogP contribution in [0.4, 0.5) is 4.39 Å². The molecule has 1 spiro atoms. The second-order valence-electron chi connectivity index (χ2n) is 5.78. The Morgan fingerprint density at radius 1 is 1.38 bits per heavy atom. The molecular formula is C14H17FN2O3S. The Bertz CT molecular complexity index is 685. The molecule has 0 radical (unpaired) electrons. The number of nitrogens with zero attached hydrogens (tertiary/aromatic N) is 1. The largest absolute Gasteiger partial charge is 0.320 e. The van der Waals surface area contributed by atoms with Crippen molar-refractivity contribution in [3.05, 3.63) is 35.6 Å². The van der Waals surface area contributed by atoms with E-state index < -0.39 is 27.4 Å². The highest BCUT2D eigenvalue weighted by molar-refractivity contribution is 7.90. The molecule has 3 rings (SSSR count). The Kier molecular flexibility index (Phi) is 3.29. The first-order valence-corrected chi connectivity index (χ1v) is 8.89. The Morgan fingerprint density at radius 3 is 2.62 bits per heavy atom. The van der Waals surface area contributed by atoms with Crippen molar-refractivity contribution in [2.24, 2.45) is 0 Å². The van der Waals surface area contributed by atoms with E-state index >= 15 is 0 Å². The van der Waals surface area contributed by atoms with Gasteiger partial charge in [-0.15, -0.1) is 0 Å². The van der Waals surface area contributed by atoms with E-state index in [1.54, 1.807) is 18.2 Å². The van der Waals surface area contributed by atoms with Gasteiger partial charge in [-0.05, 0) is 18.9 Å². The standard InChI is InChI=1S/C14H17FN2O3S/c1-21(19,20)9-8-17-12(10-4-2-3-5-11(10)15)16-14(6-7-14)13(17)18/h2-5,12,16H,6-9H2,1H3. The van der Waals surface area contributed by atoms with Crippen LogP contribution in [0, 0.1) is 5.82 Å². The van der Waals surface area contributed by atoms with Crippen LogP contribution in [0.5, 0.6) is 0 Å². The lowest BCUT2D eigenvalue weighted by Gasteiger charge is -2.24. The van der Waals surface area contributed by atoms with E-state index in [0.717, 1.165) is 6.26 Å².